The Bertz CT molecular complexity index is 259. The third-order valence-corrected chi connectivity index (χ3v) is 9.29. The summed E-state index contributed by atoms with van der Waals surface area (Å²) in [6, 6.07) is 0. The molecule has 0 amide bonds. The molecule has 0 aromatic rings. The molecule has 16 heavy (non-hydrogen) atoms. The molecule has 5 heteroatoms. The fraction of sp³-hybridized carbons (Fsp3) is 0.818. The van der Waals surface area contributed by atoms with E-state index in [-0.39, 0.29) is 11.6 Å². The van der Waals surface area contributed by atoms with Crippen molar-refractivity contribution in [3.05, 3.63) is 8.61 Å². The van der Waals surface area contributed by atoms with Crippen LogP contribution in [0.25, 0.3) is 0 Å². The molecule has 1 N–H and O–H groups in total. The van der Waals surface area contributed by atoms with Crippen molar-refractivity contribution >= 4 is 42.5 Å². The highest BCUT2D eigenvalue weighted by atomic mass is 127. The van der Waals surface area contributed by atoms with Gasteiger partial charge in [0.25, 0.3) is 0 Å². The fourth-order valence-electron chi connectivity index (χ4n) is 0.834. The van der Waals surface area contributed by atoms with Gasteiger partial charge >= 0.3 is 0 Å². The molecule has 0 atom stereocenters. The van der Waals surface area contributed by atoms with Gasteiger partial charge in [-0.25, -0.2) is 0 Å². The zero-order chi connectivity index (χ0) is 13.0. The molecule has 0 aliphatic heterocycles. The lowest BCUT2D eigenvalue weighted by molar-refractivity contribution is 0.292. The van der Waals surface area contributed by atoms with Crippen molar-refractivity contribution in [2.45, 2.75) is 45.3 Å². The number of hydrogen-bond acceptors (Lipinski definition) is 2. The van der Waals surface area contributed by atoms with Crippen molar-refractivity contribution in [1.82, 2.24) is 0 Å². The Hall–Kier alpha value is 0.897. The molecule has 0 aliphatic rings. The average Bonchev–Trinajstić information content (AvgIpc) is 2.14. The van der Waals surface area contributed by atoms with Gasteiger partial charge in [0.15, 0.2) is 8.32 Å². The first-order valence-electron chi connectivity index (χ1n) is 5.39. The van der Waals surface area contributed by atoms with Gasteiger partial charge in [0.05, 0.1) is 6.61 Å². The average molecular weight is 377 g/mol. The van der Waals surface area contributed by atoms with Crippen LogP contribution in [0.15, 0.2) is 8.61 Å². The van der Waals surface area contributed by atoms with Crippen molar-refractivity contribution in [2.75, 3.05) is 13.2 Å². The Morgan fingerprint density at radius 2 is 1.88 bits per heavy atom. The van der Waals surface area contributed by atoms with Crippen LogP contribution in [0.4, 0.5) is 0 Å². The molecule has 0 bridgehead atoms. The summed E-state index contributed by atoms with van der Waals surface area (Å²) in [4.78, 5) is 0. The molecular weight excluding hydrogens is 355 g/mol. The van der Waals surface area contributed by atoms with E-state index in [1.54, 1.807) is 0 Å². The van der Waals surface area contributed by atoms with E-state index in [1.165, 1.54) is 0 Å². The molecule has 0 radical (unpaired) electrons. The lowest BCUT2D eigenvalue weighted by Crippen LogP contribution is -2.40. The van der Waals surface area contributed by atoms with Gasteiger partial charge in [-0.3, -0.25) is 0 Å². The summed E-state index contributed by atoms with van der Waals surface area (Å²) >= 11 is 8.08. The first-order valence-corrected chi connectivity index (χ1v) is 9.76. The molecular formula is C11H22ClIO2Si. The topological polar surface area (TPSA) is 29.5 Å². The lowest BCUT2D eigenvalue weighted by Gasteiger charge is -2.36. The van der Waals surface area contributed by atoms with Gasteiger partial charge in [-0.1, -0.05) is 32.4 Å². The number of halogens is 2. The van der Waals surface area contributed by atoms with Crippen molar-refractivity contribution < 1.29 is 9.53 Å². The second-order valence-electron chi connectivity index (χ2n) is 5.33. The first-order chi connectivity index (χ1) is 7.12. The molecule has 0 saturated carbocycles. The molecule has 0 aromatic heterocycles. The maximum absolute atomic E-state index is 8.91. The Morgan fingerprint density at radius 3 is 2.25 bits per heavy atom. The van der Waals surface area contributed by atoms with Crippen LogP contribution in [0, 0.1) is 0 Å². The summed E-state index contributed by atoms with van der Waals surface area (Å²) in [5.74, 6) is 0. The van der Waals surface area contributed by atoms with Crippen molar-refractivity contribution in [1.29, 1.82) is 0 Å². The van der Waals surface area contributed by atoms with Crippen molar-refractivity contribution in [3.8, 4) is 0 Å². The van der Waals surface area contributed by atoms with E-state index >= 15 is 0 Å². The second-order valence-corrected chi connectivity index (χ2v) is 11.9. The monoisotopic (exact) mass is 376 g/mol. The minimum absolute atomic E-state index is 0.0134. The largest absolute Gasteiger partial charge is 0.416 e. The Balaban J connectivity index is 4.19. The number of aliphatic hydroxyl groups excluding tert-OH is 1. The van der Waals surface area contributed by atoms with Gasteiger partial charge < -0.3 is 9.53 Å². The normalized spacial score (nSPS) is 15.0. The van der Waals surface area contributed by atoms with E-state index in [1.807, 2.05) is 0 Å². The molecule has 2 nitrogen and oxygen atoms in total. The summed E-state index contributed by atoms with van der Waals surface area (Å²) in [6.45, 7) is 11.8. The molecule has 0 spiro atoms. The van der Waals surface area contributed by atoms with E-state index in [4.69, 9.17) is 21.1 Å². The first kappa shape index (κ1) is 16.9. The van der Waals surface area contributed by atoms with Crippen LogP contribution in [0.1, 0.15) is 27.2 Å². The van der Waals surface area contributed by atoms with E-state index in [0.29, 0.717) is 18.1 Å². The van der Waals surface area contributed by atoms with Crippen LogP contribution < -0.4 is 0 Å². The standard InChI is InChI=1S/C11H22ClIO2Si/c1-11(2,3)16(4,5)15-7-6-9(12)10(13)8-14/h14H,6-8H2,1-5H3/b10-9+. The van der Waals surface area contributed by atoms with Gasteiger partial charge in [0.1, 0.15) is 0 Å². The molecule has 0 aromatic carbocycles. The summed E-state index contributed by atoms with van der Waals surface area (Å²) in [5.41, 5.74) is 0. The van der Waals surface area contributed by atoms with Crippen LogP contribution in [0.5, 0.6) is 0 Å². The molecule has 96 valence electrons. The summed E-state index contributed by atoms with van der Waals surface area (Å²) in [5, 5.41) is 9.85. The maximum atomic E-state index is 8.91. The van der Waals surface area contributed by atoms with Gasteiger partial charge in [-0.15, -0.1) is 0 Å². The van der Waals surface area contributed by atoms with Crippen LogP contribution in [-0.2, 0) is 4.43 Å². The van der Waals surface area contributed by atoms with Crippen LogP contribution in [-0.4, -0.2) is 26.6 Å². The fourth-order valence-corrected chi connectivity index (χ4v) is 2.29. The zero-order valence-electron chi connectivity index (χ0n) is 10.7. The van der Waals surface area contributed by atoms with E-state index in [2.05, 4.69) is 56.5 Å². The van der Waals surface area contributed by atoms with Gasteiger partial charge in [-0.05, 0) is 40.7 Å². The van der Waals surface area contributed by atoms with E-state index in [0.717, 1.165) is 3.58 Å². The Morgan fingerprint density at radius 1 is 1.38 bits per heavy atom. The third kappa shape index (κ3) is 5.49. The highest BCUT2D eigenvalue weighted by molar-refractivity contribution is 14.1. The summed E-state index contributed by atoms with van der Waals surface area (Å²) < 4.78 is 6.80. The maximum Gasteiger partial charge on any atom is 0.191 e. The number of hydrogen-bond donors (Lipinski definition) is 1. The Labute approximate surface area is 119 Å². The third-order valence-electron chi connectivity index (χ3n) is 3.02. The predicted octanol–water partition coefficient (Wildman–Crippen LogP) is 4.28. The van der Waals surface area contributed by atoms with Crippen molar-refractivity contribution in [2.24, 2.45) is 0 Å². The van der Waals surface area contributed by atoms with Gasteiger partial charge in [0.2, 0.25) is 0 Å². The minimum Gasteiger partial charge on any atom is -0.416 e. The molecule has 0 fully saturated rings. The molecule has 0 heterocycles. The Kier molecular flexibility index (Phi) is 7.11. The van der Waals surface area contributed by atoms with E-state index < -0.39 is 8.32 Å². The van der Waals surface area contributed by atoms with Crippen molar-refractivity contribution in [3.63, 3.8) is 0 Å². The molecule has 0 saturated heterocycles. The summed E-state index contributed by atoms with van der Waals surface area (Å²) in [7, 11) is -1.66. The van der Waals surface area contributed by atoms with Crippen LogP contribution in [0.2, 0.25) is 18.1 Å². The summed E-state index contributed by atoms with van der Waals surface area (Å²) in [6.07, 6.45) is 0.687. The highest BCUT2D eigenvalue weighted by Crippen LogP contribution is 2.36. The highest BCUT2D eigenvalue weighted by Gasteiger charge is 2.36. The SMILES string of the molecule is CC(C)(C)[Si](C)(C)OCC/C(Cl)=C(\I)CO. The molecule has 0 aliphatic carbocycles. The number of aliphatic hydroxyl groups is 1. The molecule has 0 unspecified atom stereocenters. The quantitative estimate of drug-likeness (QED) is 0.573. The van der Waals surface area contributed by atoms with Gasteiger partial charge in [-0.2, -0.15) is 0 Å². The minimum atomic E-state index is -1.66. The van der Waals surface area contributed by atoms with Crippen LogP contribution >= 0.6 is 34.2 Å². The smallest absolute Gasteiger partial charge is 0.191 e. The number of rotatable bonds is 5. The predicted molar refractivity (Wildman–Crippen MR) is 81.8 cm³/mol. The van der Waals surface area contributed by atoms with Crippen LogP contribution in [0.3, 0.4) is 0 Å². The van der Waals surface area contributed by atoms with E-state index in [9.17, 15) is 0 Å². The zero-order valence-corrected chi connectivity index (χ0v) is 14.6. The molecule has 0 rings (SSSR count). The lowest BCUT2D eigenvalue weighted by atomic mass is 10.2. The van der Waals surface area contributed by atoms with Gasteiger partial charge in [0, 0.05) is 21.6 Å². The second kappa shape index (κ2) is 6.73.